The van der Waals surface area contributed by atoms with Crippen molar-refractivity contribution in [1.82, 2.24) is 20.0 Å². The van der Waals surface area contributed by atoms with E-state index in [9.17, 15) is 4.79 Å². The minimum absolute atomic E-state index is 0.00538. The molecule has 0 saturated heterocycles. The lowest BCUT2D eigenvalue weighted by molar-refractivity contribution is -0.112. The lowest BCUT2D eigenvalue weighted by Crippen LogP contribution is -2.07. The van der Waals surface area contributed by atoms with E-state index < -0.39 is 5.91 Å². The van der Waals surface area contributed by atoms with E-state index in [1.807, 2.05) is 13.0 Å². The van der Waals surface area contributed by atoms with Gasteiger partial charge in [0.2, 0.25) is 0 Å². The first-order valence-corrected chi connectivity index (χ1v) is 8.05. The number of benzene rings is 1. The maximum absolute atomic E-state index is 12.1. The Kier molecular flexibility index (Phi) is 5.20. The Morgan fingerprint density at radius 3 is 2.63 bits per heavy atom. The molecule has 0 aliphatic carbocycles. The summed E-state index contributed by atoms with van der Waals surface area (Å²) in [6, 6.07) is 7.15. The second-order valence-corrected chi connectivity index (χ2v) is 5.64. The first-order valence-electron chi connectivity index (χ1n) is 8.05. The van der Waals surface area contributed by atoms with E-state index in [-0.39, 0.29) is 11.9 Å². The van der Waals surface area contributed by atoms with E-state index in [0.29, 0.717) is 17.2 Å². The first kappa shape index (κ1) is 18.2. The smallest absolute Gasteiger partial charge is 0.322 e. The fourth-order valence-corrected chi connectivity index (χ4v) is 2.46. The lowest BCUT2D eigenvalue weighted by atomic mass is 10.2. The summed E-state index contributed by atoms with van der Waals surface area (Å²) in [4.78, 5) is 12.1. The van der Waals surface area contributed by atoms with Crippen LogP contribution in [-0.2, 0) is 11.8 Å². The number of aromatic nitrogens is 4. The van der Waals surface area contributed by atoms with Gasteiger partial charge >= 0.3 is 6.01 Å². The lowest BCUT2D eigenvalue weighted by Gasteiger charge is -2.07. The van der Waals surface area contributed by atoms with Crippen molar-refractivity contribution in [3.8, 4) is 23.1 Å². The average Bonchev–Trinajstić information content (AvgIpc) is 3.25. The van der Waals surface area contributed by atoms with E-state index in [1.54, 1.807) is 50.2 Å². The van der Waals surface area contributed by atoms with Gasteiger partial charge in [0.05, 0.1) is 19.9 Å². The molecule has 0 bridgehead atoms. The SMILES string of the molecule is COc1ccc(/C=C\C(=O)Nc2nnc(-c3cc(C)nn3C)o2)cc1OC. The molecule has 27 heavy (non-hydrogen) atoms. The van der Waals surface area contributed by atoms with E-state index in [4.69, 9.17) is 13.9 Å². The molecule has 0 unspecified atom stereocenters. The number of methoxy groups -OCH3 is 2. The largest absolute Gasteiger partial charge is 0.493 e. The highest BCUT2D eigenvalue weighted by molar-refractivity contribution is 6.00. The van der Waals surface area contributed by atoms with Gasteiger partial charge in [-0.3, -0.25) is 14.8 Å². The Morgan fingerprint density at radius 1 is 1.19 bits per heavy atom. The zero-order valence-corrected chi connectivity index (χ0v) is 15.4. The first-order chi connectivity index (χ1) is 13.0. The number of anilines is 1. The van der Waals surface area contributed by atoms with Gasteiger partial charge in [0.25, 0.3) is 11.8 Å². The number of carbonyl (C=O) groups excluding carboxylic acids is 1. The molecular formula is C18H19N5O4. The molecule has 0 aliphatic heterocycles. The molecule has 0 radical (unpaired) electrons. The molecule has 0 fully saturated rings. The van der Waals surface area contributed by atoms with Crippen molar-refractivity contribution in [2.75, 3.05) is 19.5 Å². The number of aryl methyl sites for hydroxylation is 2. The average molecular weight is 369 g/mol. The van der Waals surface area contributed by atoms with Crippen LogP contribution < -0.4 is 14.8 Å². The van der Waals surface area contributed by atoms with Crippen LogP contribution in [0.2, 0.25) is 0 Å². The maximum atomic E-state index is 12.1. The van der Waals surface area contributed by atoms with Gasteiger partial charge < -0.3 is 13.9 Å². The highest BCUT2D eigenvalue weighted by Crippen LogP contribution is 2.28. The molecule has 0 aliphatic rings. The predicted octanol–water partition coefficient (Wildman–Crippen LogP) is 2.45. The van der Waals surface area contributed by atoms with Gasteiger partial charge in [0.15, 0.2) is 11.5 Å². The van der Waals surface area contributed by atoms with Crippen LogP contribution in [0.4, 0.5) is 6.01 Å². The molecule has 1 N–H and O–H groups in total. The van der Waals surface area contributed by atoms with Crippen molar-refractivity contribution in [2.24, 2.45) is 7.05 Å². The molecular weight excluding hydrogens is 350 g/mol. The van der Waals surface area contributed by atoms with Crippen LogP contribution >= 0.6 is 0 Å². The second kappa shape index (κ2) is 7.73. The van der Waals surface area contributed by atoms with Crippen molar-refractivity contribution in [3.63, 3.8) is 0 Å². The summed E-state index contributed by atoms with van der Waals surface area (Å²) in [6.45, 7) is 1.86. The fourth-order valence-electron chi connectivity index (χ4n) is 2.46. The third-order valence-corrected chi connectivity index (χ3v) is 3.71. The van der Waals surface area contributed by atoms with Crippen LogP contribution in [0.25, 0.3) is 17.7 Å². The predicted molar refractivity (Wildman–Crippen MR) is 98.4 cm³/mol. The Bertz CT molecular complexity index is 990. The molecule has 1 amide bonds. The monoisotopic (exact) mass is 369 g/mol. The normalized spacial score (nSPS) is 11.0. The molecule has 0 saturated carbocycles. The summed E-state index contributed by atoms with van der Waals surface area (Å²) in [5.74, 6) is 1.06. The number of nitrogens with zero attached hydrogens (tertiary/aromatic N) is 4. The van der Waals surface area contributed by atoms with Gasteiger partial charge in [0, 0.05) is 13.1 Å². The molecule has 140 valence electrons. The number of carbonyl (C=O) groups is 1. The summed E-state index contributed by atoms with van der Waals surface area (Å²) in [6.07, 6.45) is 3.00. The van der Waals surface area contributed by atoms with Gasteiger partial charge in [-0.1, -0.05) is 11.2 Å². The molecule has 0 atom stereocenters. The quantitative estimate of drug-likeness (QED) is 0.666. The van der Waals surface area contributed by atoms with Crippen molar-refractivity contribution >= 4 is 18.0 Å². The highest BCUT2D eigenvalue weighted by atomic mass is 16.5. The van der Waals surface area contributed by atoms with Gasteiger partial charge in [0.1, 0.15) is 5.69 Å². The zero-order valence-electron chi connectivity index (χ0n) is 15.4. The number of nitrogens with one attached hydrogen (secondary N) is 1. The minimum Gasteiger partial charge on any atom is -0.493 e. The van der Waals surface area contributed by atoms with Crippen LogP contribution in [0.3, 0.4) is 0 Å². The van der Waals surface area contributed by atoms with E-state index in [2.05, 4.69) is 20.6 Å². The topological polar surface area (TPSA) is 104 Å². The van der Waals surface area contributed by atoms with Gasteiger partial charge in [-0.15, -0.1) is 5.10 Å². The van der Waals surface area contributed by atoms with Crippen LogP contribution in [0, 0.1) is 6.92 Å². The summed E-state index contributed by atoms with van der Waals surface area (Å²) >= 11 is 0. The third kappa shape index (κ3) is 4.14. The Balaban J connectivity index is 1.68. The summed E-state index contributed by atoms with van der Waals surface area (Å²) in [5, 5.41) is 14.5. The van der Waals surface area contributed by atoms with Crippen LogP contribution in [0.1, 0.15) is 11.3 Å². The number of rotatable bonds is 6. The van der Waals surface area contributed by atoms with Crippen LogP contribution in [0.15, 0.2) is 34.8 Å². The highest BCUT2D eigenvalue weighted by Gasteiger charge is 2.14. The van der Waals surface area contributed by atoms with E-state index in [0.717, 1.165) is 11.3 Å². The summed E-state index contributed by atoms with van der Waals surface area (Å²) < 4.78 is 17.5. The Morgan fingerprint density at radius 2 is 1.96 bits per heavy atom. The molecule has 9 heteroatoms. The number of hydrogen-bond acceptors (Lipinski definition) is 7. The number of hydrogen-bond donors (Lipinski definition) is 1. The van der Waals surface area contributed by atoms with Crippen molar-refractivity contribution in [2.45, 2.75) is 6.92 Å². The zero-order chi connectivity index (χ0) is 19.4. The molecule has 2 aromatic heterocycles. The Labute approximate surface area is 155 Å². The molecule has 0 spiro atoms. The third-order valence-electron chi connectivity index (χ3n) is 3.71. The van der Waals surface area contributed by atoms with Crippen molar-refractivity contribution in [3.05, 3.63) is 41.6 Å². The number of ether oxygens (including phenoxy) is 2. The van der Waals surface area contributed by atoms with E-state index in [1.165, 1.54) is 6.08 Å². The van der Waals surface area contributed by atoms with Crippen molar-refractivity contribution in [1.29, 1.82) is 0 Å². The fraction of sp³-hybridized carbons (Fsp3) is 0.222. The number of amides is 1. The maximum Gasteiger partial charge on any atom is 0.322 e. The second-order valence-electron chi connectivity index (χ2n) is 5.64. The van der Waals surface area contributed by atoms with Crippen LogP contribution in [0.5, 0.6) is 11.5 Å². The van der Waals surface area contributed by atoms with E-state index >= 15 is 0 Å². The summed E-state index contributed by atoms with van der Waals surface area (Å²) in [7, 11) is 4.89. The molecule has 2 heterocycles. The molecule has 1 aromatic carbocycles. The standard InChI is InChI=1S/C18H19N5O4/c1-11-9-13(23(2)22-11)17-20-21-18(27-17)19-16(24)8-6-12-5-7-14(25-3)15(10-12)26-4/h5-10H,1-4H3,(H,19,21,24)/b8-6-. The Hall–Kier alpha value is -3.62. The minimum atomic E-state index is -0.402. The van der Waals surface area contributed by atoms with Crippen molar-refractivity contribution < 1.29 is 18.7 Å². The van der Waals surface area contributed by atoms with Gasteiger partial charge in [-0.2, -0.15) is 5.10 Å². The van der Waals surface area contributed by atoms with Gasteiger partial charge in [-0.05, 0) is 36.8 Å². The van der Waals surface area contributed by atoms with Gasteiger partial charge in [-0.25, -0.2) is 0 Å². The summed E-state index contributed by atoms with van der Waals surface area (Å²) in [5.41, 5.74) is 2.27. The molecule has 3 rings (SSSR count). The van der Waals surface area contributed by atoms with Crippen LogP contribution in [-0.4, -0.2) is 40.1 Å². The molecule has 3 aromatic rings. The molecule has 9 nitrogen and oxygen atoms in total.